The maximum absolute atomic E-state index is 13.2. The first-order chi connectivity index (χ1) is 14.0. The van der Waals surface area contributed by atoms with Crippen molar-refractivity contribution in [1.29, 1.82) is 0 Å². The number of esters is 1. The van der Waals surface area contributed by atoms with Crippen LogP contribution in [0.3, 0.4) is 0 Å². The Morgan fingerprint density at radius 2 is 1.55 bits per heavy atom. The van der Waals surface area contributed by atoms with Crippen LogP contribution in [0.5, 0.6) is 28.7 Å². The molecule has 0 spiro atoms. The molecule has 1 aliphatic heterocycles. The van der Waals surface area contributed by atoms with Crippen LogP contribution in [-0.4, -0.2) is 47.0 Å². The van der Waals surface area contributed by atoms with Crippen LogP contribution in [0.2, 0.25) is 0 Å². The highest BCUT2D eigenvalue weighted by molar-refractivity contribution is 6.14. The van der Waals surface area contributed by atoms with Gasteiger partial charge in [-0.1, -0.05) is 0 Å². The first kappa shape index (κ1) is 18.9. The highest BCUT2D eigenvalue weighted by atomic mass is 16.7. The van der Waals surface area contributed by atoms with Crippen molar-refractivity contribution >= 4 is 11.8 Å². The summed E-state index contributed by atoms with van der Waals surface area (Å²) < 4.78 is 32.3. The maximum Gasteiger partial charge on any atom is 0.317 e. The van der Waals surface area contributed by atoms with E-state index in [-0.39, 0.29) is 12.6 Å². The minimum atomic E-state index is -1.09. The van der Waals surface area contributed by atoms with Crippen LogP contribution in [0, 0.1) is 5.92 Å². The minimum absolute atomic E-state index is 0.0761. The number of rotatable bonds is 5. The van der Waals surface area contributed by atoms with Gasteiger partial charge in [0.25, 0.3) is 0 Å². The van der Waals surface area contributed by atoms with Crippen molar-refractivity contribution in [3.63, 3.8) is 0 Å². The third-order valence-corrected chi connectivity index (χ3v) is 5.28. The molecule has 0 aromatic heterocycles. The summed E-state index contributed by atoms with van der Waals surface area (Å²) in [7, 11) is 5.79. The molecule has 1 aliphatic carbocycles. The van der Waals surface area contributed by atoms with Crippen molar-refractivity contribution in [2.24, 2.45) is 5.92 Å². The summed E-state index contributed by atoms with van der Waals surface area (Å²) in [5.41, 5.74) is 1.56. The molecule has 2 aromatic carbocycles. The molecule has 29 heavy (non-hydrogen) atoms. The van der Waals surface area contributed by atoms with E-state index in [2.05, 4.69) is 0 Å². The normalized spacial score (nSPS) is 19.0. The predicted octanol–water partition coefficient (Wildman–Crippen LogP) is 2.56. The summed E-state index contributed by atoms with van der Waals surface area (Å²) in [5.74, 6) is -0.408. The van der Waals surface area contributed by atoms with E-state index in [1.54, 1.807) is 24.3 Å². The van der Waals surface area contributed by atoms with E-state index in [4.69, 9.17) is 28.4 Å². The summed E-state index contributed by atoms with van der Waals surface area (Å²) in [4.78, 5) is 25.8. The van der Waals surface area contributed by atoms with Crippen LogP contribution in [0.1, 0.15) is 27.4 Å². The molecule has 0 fully saturated rings. The lowest BCUT2D eigenvalue weighted by molar-refractivity contribution is -0.143. The van der Waals surface area contributed by atoms with Crippen LogP contribution in [0.4, 0.5) is 0 Å². The van der Waals surface area contributed by atoms with Crippen molar-refractivity contribution in [2.45, 2.75) is 5.92 Å². The molecule has 0 N–H and O–H groups in total. The Balaban J connectivity index is 1.99. The summed E-state index contributed by atoms with van der Waals surface area (Å²) >= 11 is 0. The summed E-state index contributed by atoms with van der Waals surface area (Å²) in [6, 6.07) is 6.70. The first-order valence-electron chi connectivity index (χ1n) is 8.89. The van der Waals surface area contributed by atoms with Crippen molar-refractivity contribution in [2.75, 3.05) is 35.2 Å². The lowest BCUT2D eigenvalue weighted by atomic mass is 9.84. The number of fused-ring (bicyclic) bond motifs is 2. The Morgan fingerprint density at radius 1 is 0.931 bits per heavy atom. The quantitative estimate of drug-likeness (QED) is 0.559. The Labute approximate surface area is 167 Å². The fourth-order valence-corrected chi connectivity index (χ4v) is 3.96. The lowest BCUT2D eigenvalue weighted by Crippen LogP contribution is -2.26. The molecule has 2 atom stereocenters. The number of benzene rings is 2. The second kappa shape index (κ2) is 7.20. The smallest absolute Gasteiger partial charge is 0.317 e. The molecule has 1 heterocycles. The zero-order chi connectivity index (χ0) is 20.7. The van der Waals surface area contributed by atoms with Crippen LogP contribution in [0.25, 0.3) is 0 Å². The van der Waals surface area contributed by atoms with Gasteiger partial charge < -0.3 is 28.4 Å². The topological polar surface area (TPSA) is 89.5 Å². The van der Waals surface area contributed by atoms with Crippen molar-refractivity contribution in [3.8, 4) is 28.7 Å². The first-order valence-corrected chi connectivity index (χ1v) is 8.89. The van der Waals surface area contributed by atoms with Gasteiger partial charge in [0, 0.05) is 29.2 Å². The van der Waals surface area contributed by atoms with Crippen molar-refractivity contribution in [3.05, 3.63) is 41.0 Å². The fraction of sp³-hybridized carbons (Fsp3) is 0.333. The largest absolute Gasteiger partial charge is 0.496 e. The SMILES string of the molecule is COC(=O)[C@@H]1C(=O)c2cc3c(cc2[C@H]1c1c(OC)cc(OC)cc1OC)OCO3. The van der Waals surface area contributed by atoms with E-state index in [9.17, 15) is 9.59 Å². The Bertz CT molecular complexity index is 971. The zero-order valence-electron chi connectivity index (χ0n) is 16.4. The molecule has 0 bridgehead atoms. The van der Waals surface area contributed by atoms with E-state index >= 15 is 0 Å². The van der Waals surface area contributed by atoms with E-state index in [0.29, 0.717) is 45.4 Å². The van der Waals surface area contributed by atoms with Gasteiger partial charge in [-0.25, -0.2) is 0 Å². The Kier molecular flexibility index (Phi) is 4.70. The number of carbonyl (C=O) groups is 2. The molecule has 0 saturated heterocycles. The van der Waals surface area contributed by atoms with Crippen LogP contribution < -0.4 is 23.7 Å². The molecule has 2 aromatic rings. The number of Topliss-reactive ketones (excluding diaryl/α,β-unsaturated/α-hetero) is 1. The molecule has 0 saturated carbocycles. The van der Waals surface area contributed by atoms with Gasteiger partial charge in [-0.2, -0.15) is 0 Å². The Morgan fingerprint density at radius 3 is 2.10 bits per heavy atom. The van der Waals surface area contributed by atoms with Crippen molar-refractivity contribution < 1.29 is 38.0 Å². The minimum Gasteiger partial charge on any atom is -0.496 e. The van der Waals surface area contributed by atoms with Gasteiger partial charge in [-0.15, -0.1) is 0 Å². The molecule has 4 rings (SSSR count). The van der Waals surface area contributed by atoms with Crippen LogP contribution in [-0.2, 0) is 9.53 Å². The van der Waals surface area contributed by atoms with E-state index < -0.39 is 17.8 Å². The molecule has 2 aliphatic rings. The van der Waals surface area contributed by atoms with Gasteiger partial charge in [-0.3, -0.25) is 9.59 Å². The molecule has 8 nitrogen and oxygen atoms in total. The third-order valence-electron chi connectivity index (χ3n) is 5.28. The number of ether oxygens (including phenoxy) is 6. The van der Waals surface area contributed by atoms with Crippen LogP contribution >= 0.6 is 0 Å². The van der Waals surface area contributed by atoms with Gasteiger partial charge in [0.15, 0.2) is 17.3 Å². The molecule has 0 unspecified atom stereocenters. The maximum atomic E-state index is 13.2. The van der Waals surface area contributed by atoms with Gasteiger partial charge in [0.05, 0.1) is 28.4 Å². The predicted molar refractivity (Wildman–Crippen MR) is 100 cm³/mol. The number of carbonyl (C=O) groups excluding carboxylic acids is 2. The fourth-order valence-electron chi connectivity index (χ4n) is 3.96. The van der Waals surface area contributed by atoms with Gasteiger partial charge in [0.2, 0.25) is 6.79 Å². The number of methoxy groups -OCH3 is 4. The average Bonchev–Trinajstić information content (AvgIpc) is 3.32. The number of ketones is 1. The average molecular weight is 400 g/mol. The Hall–Kier alpha value is -3.42. The molecule has 152 valence electrons. The second-order valence-corrected chi connectivity index (χ2v) is 6.58. The summed E-state index contributed by atoms with van der Waals surface area (Å²) in [5, 5.41) is 0. The molecular formula is C21H20O8. The summed E-state index contributed by atoms with van der Waals surface area (Å²) in [6.45, 7) is 0.0761. The van der Waals surface area contributed by atoms with E-state index in [0.717, 1.165) is 0 Å². The van der Waals surface area contributed by atoms with Crippen LogP contribution in [0.15, 0.2) is 24.3 Å². The zero-order valence-corrected chi connectivity index (χ0v) is 16.4. The highest BCUT2D eigenvalue weighted by Crippen LogP contribution is 2.52. The standard InChI is InChI=1S/C21H20O8/c1-24-10-5-15(25-2)18(16(6-10)26-3)17-11-7-13-14(29-9-28-13)8-12(11)20(22)19(17)21(23)27-4/h5-8,17,19H,9H2,1-4H3/t17-,19-/m0/s1. The molecule has 0 amide bonds. The monoisotopic (exact) mass is 400 g/mol. The van der Waals surface area contributed by atoms with Gasteiger partial charge in [0.1, 0.15) is 23.2 Å². The number of hydrogen-bond donors (Lipinski definition) is 0. The highest BCUT2D eigenvalue weighted by Gasteiger charge is 2.49. The summed E-state index contributed by atoms with van der Waals surface area (Å²) in [6.07, 6.45) is 0. The second-order valence-electron chi connectivity index (χ2n) is 6.58. The van der Waals surface area contributed by atoms with E-state index in [1.165, 1.54) is 28.4 Å². The molecular weight excluding hydrogens is 380 g/mol. The van der Waals surface area contributed by atoms with Gasteiger partial charge in [-0.05, 0) is 17.7 Å². The number of hydrogen-bond acceptors (Lipinski definition) is 8. The third kappa shape index (κ3) is 2.83. The van der Waals surface area contributed by atoms with Gasteiger partial charge >= 0.3 is 5.97 Å². The van der Waals surface area contributed by atoms with Crippen molar-refractivity contribution in [1.82, 2.24) is 0 Å². The molecule has 0 radical (unpaired) electrons. The lowest BCUT2D eigenvalue weighted by Gasteiger charge is -2.23. The van der Waals surface area contributed by atoms with E-state index in [1.807, 2.05) is 0 Å². The molecule has 8 heteroatoms.